The molecule has 1 saturated heterocycles. The van der Waals surface area contributed by atoms with Gasteiger partial charge in [0.2, 0.25) is 0 Å². The van der Waals surface area contributed by atoms with Crippen LogP contribution in [-0.2, 0) is 23.8 Å². The lowest BCUT2D eigenvalue weighted by molar-refractivity contribution is -0.162. The summed E-state index contributed by atoms with van der Waals surface area (Å²) in [5.41, 5.74) is -0.530. The van der Waals surface area contributed by atoms with Gasteiger partial charge in [-0.25, -0.2) is 4.79 Å². The Hall–Kier alpha value is -1.79. The third kappa shape index (κ3) is 8.18. The van der Waals surface area contributed by atoms with Crippen molar-refractivity contribution < 1.29 is 28.6 Å². The molecule has 7 heteroatoms. The molecule has 0 aromatic carbocycles. The molecule has 0 aliphatic carbocycles. The van der Waals surface area contributed by atoms with Gasteiger partial charge < -0.3 is 19.1 Å². The van der Waals surface area contributed by atoms with Crippen LogP contribution in [0.25, 0.3) is 0 Å². The lowest BCUT2D eigenvalue weighted by Gasteiger charge is -2.37. The minimum atomic E-state index is -0.900. The summed E-state index contributed by atoms with van der Waals surface area (Å²) < 4.78 is 15.5. The van der Waals surface area contributed by atoms with E-state index in [0.29, 0.717) is 25.8 Å². The summed E-state index contributed by atoms with van der Waals surface area (Å²) >= 11 is 0. The van der Waals surface area contributed by atoms with Gasteiger partial charge in [-0.05, 0) is 73.1 Å². The normalized spacial score (nSPS) is 17.6. The first-order valence-electron chi connectivity index (χ1n) is 10.0. The zero-order valence-electron chi connectivity index (χ0n) is 17.4. The van der Waals surface area contributed by atoms with E-state index in [2.05, 4.69) is 0 Å². The molecule has 0 radical (unpaired) electrons. The molecular weight excluding hydrogens is 350 g/mol. The Balaban J connectivity index is 2.64. The Labute approximate surface area is 162 Å². The van der Waals surface area contributed by atoms with Crippen LogP contribution in [0.2, 0.25) is 0 Å². The predicted octanol–water partition coefficient (Wildman–Crippen LogP) is 3.69. The van der Waals surface area contributed by atoms with Gasteiger partial charge in [-0.1, -0.05) is 0 Å². The van der Waals surface area contributed by atoms with E-state index in [1.807, 2.05) is 20.8 Å². The van der Waals surface area contributed by atoms with Crippen LogP contribution in [0, 0.1) is 5.92 Å². The quantitative estimate of drug-likeness (QED) is 0.360. The van der Waals surface area contributed by atoms with Gasteiger partial charge in [0.1, 0.15) is 5.60 Å². The number of nitrogens with zero attached hydrogens (tertiary/aromatic N) is 1. The molecule has 1 rings (SSSR count). The van der Waals surface area contributed by atoms with E-state index >= 15 is 0 Å². The third-order valence-corrected chi connectivity index (χ3v) is 4.43. The maximum absolute atomic E-state index is 12.5. The Morgan fingerprint density at radius 2 is 1.63 bits per heavy atom. The van der Waals surface area contributed by atoms with Gasteiger partial charge in [0.25, 0.3) is 0 Å². The zero-order chi connectivity index (χ0) is 20.4. The molecule has 0 aromatic rings. The molecule has 1 amide bonds. The van der Waals surface area contributed by atoms with E-state index < -0.39 is 23.5 Å². The van der Waals surface area contributed by atoms with Gasteiger partial charge in [-0.2, -0.15) is 0 Å². The molecule has 0 aromatic heterocycles. The van der Waals surface area contributed by atoms with Crippen LogP contribution in [0.4, 0.5) is 4.79 Å². The van der Waals surface area contributed by atoms with Crippen molar-refractivity contribution in [2.75, 3.05) is 19.8 Å². The van der Waals surface area contributed by atoms with Crippen molar-refractivity contribution >= 4 is 18.0 Å². The third-order valence-electron chi connectivity index (χ3n) is 4.43. The van der Waals surface area contributed by atoms with Gasteiger partial charge >= 0.3 is 18.0 Å². The summed E-state index contributed by atoms with van der Waals surface area (Å²) in [6.07, 6.45) is 4.34. The van der Waals surface area contributed by atoms with E-state index in [1.165, 1.54) is 0 Å². The van der Waals surface area contributed by atoms with Gasteiger partial charge in [-0.3, -0.25) is 9.59 Å². The standard InChI is InChI=1S/C20H35NO6/c1-6-25-17(22)16(18(23)26-7-2)13-10-12-15-11-8-9-14-21(15)19(24)27-20(3,4)5/h15-16H,6-14H2,1-5H3. The molecule has 0 bridgehead atoms. The second-order valence-electron chi connectivity index (χ2n) is 7.81. The molecule has 1 unspecified atom stereocenters. The SMILES string of the molecule is CCOC(=O)C(CCCC1CCCCN1C(=O)OC(C)(C)C)C(=O)OCC. The summed E-state index contributed by atoms with van der Waals surface area (Å²) in [6, 6.07) is 0.0682. The first kappa shape index (κ1) is 23.2. The van der Waals surface area contributed by atoms with Crippen LogP contribution < -0.4 is 0 Å². The van der Waals surface area contributed by atoms with Crippen molar-refractivity contribution in [3.05, 3.63) is 0 Å². The highest BCUT2D eigenvalue weighted by Crippen LogP contribution is 2.25. The Morgan fingerprint density at radius 1 is 1.04 bits per heavy atom. The molecule has 0 N–H and O–H groups in total. The number of carbonyl (C=O) groups is 3. The summed E-state index contributed by atoms with van der Waals surface area (Å²) in [5, 5.41) is 0. The van der Waals surface area contributed by atoms with Crippen molar-refractivity contribution in [2.24, 2.45) is 5.92 Å². The van der Waals surface area contributed by atoms with Crippen molar-refractivity contribution in [1.29, 1.82) is 0 Å². The number of ether oxygens (including phenoxy) is 3. The fourth-order valence-electron chi connectivity index (χ4n) is 3.24. The molecule has 27 heavy (non-hydrogen) atoms. The highest BCUT2D eigenvalue weighted by molar-refractivity contribution is 5.94. The number of hydrogen-bond acceptors (Lipinski definition) is 6. The number of piperidine rings is 1. The monoisotopic (exact) mass is 385 g/mol. The molecule has 1 heterocycles. The second-order valence-corrected chi connectivity index (χ2v) is 7.81. The van der Waals surface area contributed by atoms with Gasteiger partial charge in [0, 0.05) is 12.6 Å². The lowest BCUT2D eigenvalue weighted by Crippen LogP contribution is -2.46. The topological polar surface area (TPSA) is 82.1 Å². The van der Waals surface area contributed by atoms with Crippen LogP contribution in [0.1, 0.15) is 73.1 Å². The molecule has 1 aliphatic rings. The van der Waals surface area contributed by atoms with Crippen LogP contribution in [0.15, 0.2) is 0 Å². The minimum absolute atomic E-state index is 0.0682. The number of likely N-dealkylation sites (tertiary alicyclic amines) is 1. The van der Waals surface area contributed by atoms with Gasteiger partial charge in [0.15, 0.2) is 5.92 Å². The Bertz CT molecular complexity index is 481. The second kappa shape index (κ2) is 11.1. The molecule has 0 saturated carbocycles. The van der Waals surface area contributed by atoms with E-state index in [1.54, 1.807) is 18.7 Å². The Kier molecular flexibility index (Phi) is 9.60. The molecule has 7 nitrogen and oxygen atoms in total. The maximum atomic E-state index is 12.5. The van der Waals surface area contributed by atoms with E-state index in [-0.39, 0.29) is 25.3 Å². The average Bonchev–Trinajstić information content (AvgIpc) is 2.57. The highest BCUT2D eigenvalue weighted by atomic mass is 16.6. The molecule has 0 spiro atoms. The predicted molar refractivity (Wildman–Crippen MR) is 101 cm³/mol. The lowest BCUT2D eigenvalue weighted by atomic mass is 9.94. The average molecular weight is 386 g/mol. The van der Waals surface area contributed by atoms with Crippen LogP contribution in [0.3, 0.4) is 0 Å². The number of carbonyl (C=O) groups excluding carboxylic acids is 3. The van der Waals surface area contributed by atoms with Crippen molar-refractivity contribution in [3.63, 3.8) is 0 Å². The highest BCUT2D eigenvalue weighted by Gasteiger charge is 2.32. The molecular formula is C20H35NO6. The van der Waals surface area contributed by atoms with Crippen LogP contribution in [0.5, 0.6) is 0 Å². The van der Waals surface area contributed by atoms with E-state index in [4.69, 9.17) is 14.2 Å². The van der Waals surface area contributed by atoms with Crippen molar-refractivity contribution in [1.82, 2.24) is 4.90 Å². The smallest absolute Gasteiger partial charge is 0.410 e. The number of esters is 2. The van der Waals surface area contributed by atoms with Gasteiger partial charge in [0.05, 0.1) is 13.2 Å². The fraction of sp³-hybridized carbons (Fsp3) is 0.850. The van der Waals surface area contributed by atoms with Crippen molar-refractivity contribution in [3.8, 4) is 0 Å². The van der Waals surface area contributed by atoms with E-state index in [9.17, 15) is 14.4 Å². The summed E-state index contributed by atoms with van der Waals surface area (Å²) in [7, 11) is 0. The van der Waals surface area contributed by atoms with Gasteiger partial charge in [-0.15, -0.1) is 0 Å². The largest absolute Gasteiger partial charge is 0.465 e. The van der Waals surface area contributed by atoms with Crippen LogP contribution in [-0.4, -0.2) is 54.3 Å². The minimum Gasteiger partial charge on any atom is -0.465 e. The Morgan fingerprint density at radius 3 is 2.15 bits per heavy atom. The number of hydrogen-bond donors (Lipinski definition) is 0. The summed E-state index contributed by atoms with van der Waals surface area (Å²) in [5.74, 6) is -1.98. The fourth-order valence-corrected chi connectivity index (χ4v) is 3.24. The summed E-state index contributed by atoms with van der Waals surface area (Å²) in [6.45, 7) is 10.1. The first-order chi connectivity index (χ1) is 12.7. The maximum Gasteiger partial charge on any atom is 0.410 e. The van der Waals surface area contributed by atoms with Crippen LogP contribution >= 0.6 is 0 Å². The molecule has 156 valence electrons. The first-order valence-corrected chi connectivity index (χ1v) is 10.0. The molecule has 1 fully saturated rings. The number of amides is 1. The zero-order valence-corrected chi connectivity index (χ0v) is 17.4. The molecule has 1 aliphatic heterocycles. The van der Waals surface area contributed by atoms with Crippen molar-refractivity contribution in [2.45, 2.75) is 84.8 Å². The molecule has 1 atom stereocenters. The number of rotatable bonds is 8. The van der Waals surface area contributed by atoms with E-state index in [0.717, 1.165) is 19.3 Å². The summed E-state index contributed by atoms with van der Waals surface area (Å²) in [4.78, 5) is 38.4.